The Labute approximate surface area is 135 Å². The number of carboxylic acids is 1. The van der Waals surface area contributed by atoms with Crippen LogP contribution in [0.25, 0.3) is 0 Å². The van der Waals surface area contributed by atoms with Crippen LogP contribution in [0.15, 0.2) is 48.5 Å². The summed E-state index contributed by atoms with van der Waals surface area (Å²) in [6.07, 6.45) is 2.68. The van der Waals surface area contributed by atoms with Gasteiger partial charge in [-0.1, -0.05) is 30.3 Å². The summed E-state index contributed by atoms with van der Waals surface area (Å²) in [7, 11) is 0. The Hall–Kier alpha value is -2.36. The van der Waals surface area contributed by atoms with E-state index in [9.17, 15) is 9.18 Å². The number of nitrogens with zero attached hydrogens (tertiary/aromatic N) is 1. The van der Waals surface area contributed by atoms with Crippen molar-refractivity contribution in [1.82, 2.24) is 0 Å². The van der Waals surface area contributed by atoms with Gasteiger partial charge in [-0.05, 0) is 42.2 Å². The molecule has 0 radical (unpaired) electrons. The second kappa shape index (κ2) is 6.82. The molecular weight excluding hydrogens is 293 g/mol. The lowest BCUT2D eigenvalue weighted by molar-refractivity contribution is -0.137. The summed E-state index contributed by atoms with van der Waals surface area (Å²) in [6.45, 7) is 0.893. The Kier molecular flexibility index (Phi) is 4.60. The van der Waals surface area contributed by atoms with E-state index in [1.54, 1.807) is 12.1 Å². The summed E-state index contributed by atoms with van der Waals surface area (Å²) >= 11 is 0. The summed E-state index contributed by atoms with van der Waals surface area (Å²) < 4.78 is 13.7. The number of hydrogen-bond donors (Lipinski definition) is 1. The lowest BCUT2D eigenvalue weighted by Crippen LogP contribution is -2.31. The quantitative estimate of drug-likeness (QED) is 0.911. The number of carbonyl (C=O) groups is 1. The molecule has 1 saturated heterocycles. The van der Waals surface area contributed by atoms with E-state index in [4.69, 9.17) is 5.11 Å². The zero-order chi connectivity index (χ0) is 16.2. The normalized spacial score (nSPS) is 17.4. The number of rotatable bonds is 5. The first kappa shape index (κ1) is 15.5. The maximum absolute atomic E-state index is 13.7. The van der Waals surface area contributed by atoms with Gasteiger partial charge in [0.05, 0.1) is 6.42 Å². The van der Waals surface area contributed by atoms with Gasteiger partial charge in [0.1, 0.15) is 5.82 Å². The van der Waals surface area contributed by atoms with Crippen LogP contribution in [0, 0.1) is 5.82 Å². The summed E-state index contributed by atoms with van der Waals surface area (Å²) in [5.74, 6) is -0.935. The predicted molar refractivity (Wildman–Crippen MR) is 88.3 cm³/mol. The highest BCUT2D eigenvalue weighted by atomic mass is 19.1. The van der Waals surface area contributed by atoms with Crippen LogP contribution < -0.4 is 4.90 Å². The lowest BCUT2D eigenvalue weighted by atomic mass is 10.0. The zero-order valence-electron chi connectivity index (χ0n) is 12.9. The molecule has 1 atom stereocenters. The fourth-order valence-corrected chi connectivity index (χ4v) is 3.26. The number of halogens is 1. The van der Waals surface area contributed by atoms with Crippen LogP contribution in [-0.4, -0.2) is 23.7 Å². The molecule has 0 bridgehead atoms. The third kappa shape index (κ3) is 3.70. The van der Waals surface area contributed by atoms with Gasteiger partial charge in [0.25, 0.3) is 0 Å². The van der Waals surface area contributed by atoms with Crippen molar-refractivity contribution in [3.05, 3.63) is 65.5 Å². The Morgan fingerprint density at radius 1 is 1.17 bits per heavy atom. The van der Waals surface area contributed by atoms with Gasteiger partial charge in [0.15, 0.2) is 0 Å². The van der Waals surface area contributed by atoms with E-state index in [0.29, 0.717) is 12.0 Å². The highest BCUT2D eigenvalue weighted by Gasteiger charge is 2.26. The van der Waals surface area contributed by atoms with Crippen LogP contribution in [0.1, 0.15) is 30.4 Å². The molecule has 23 heavy (non-hydrogen) atoms. The first-order valence-electron chi connectivity index (χ1n) is 7.94. The number of carboxylic acid groups (broad SMARTS) is 1. The first-order valence-corrected chi connectivity index (χ1v) is 7.94. The highest BCUT2D eigenvalue weighted by molar-refractivity contribution is 5.69. The average Bonchev–Trinajstić information content (AvgIpc) is 2.98. The van der Waals surface area contributed by atoms with Crippen LogP contribution in [-0.2, 0) is 11.2 Å². The molecule has 2 aromatic rings. The van der Waals surface area contributed by atoms with E-state index in [1.165, 1.54) is 6.07 Å². The molecule has 1 heterocycles. The number of benzene rings is 2. The van der Waals surface area contributed by atoms with E-state index in [1.807, 2.05) is 30.3 Å². The minimum Gasteiger partial charge on any atom is -0.481 e. The SMILES string of the molecule is O=C(O)CC1CCCN1c1ccc(Cc2ccccc2F)cc1. The van der Waals surface area contributed by atoms with Crippen molar-refractivity contribution < 1.29 is 14.3 Å². The zero-order valence-corrected chi connectivity index (χ0v) is 12.9. The van der Waals surface area contributed by atoms with Crippen molar-refractivity contribution in [2.75, 3.05) is 11.4 Å². The van der Waals surface area contributed by atoms with Gasteiger partial charge in [0, 0.05) is 24.7 Å². The molecule has 0 aliphatic carbocycles. The van der Waals surface area contributed by atoms with Crippen LogP contribution in [0.3, 0.4) is 0 Å². The molecule has 1 N–H and O–H groups in total. The topological polar surface area (TPSA) is 40.5 Å². The van der Waals surface area contributed by atoms with E-state index in [-0.39, 0.29) is 18.3 Å². The van der Waals surface area contributed by atoms with Crippen molar-refractivity contribution in [3.8, 4) is 0 Å². The Balaban J connectivity index is 1.72. The Bertz CT molecular complexity index is 684. The maximum atomic E-state index is 13.7. The summed E-state index contributed by atoms with van der Waals surface area (Å²) in [4.78, 5) is 13.1. The van der Waals surface area contributed by atoms with E-state index < -0.39 is 5.97 Å². The standard InChI is InChI=1S/C19H20FNO2/c20-18-6-2-1-4-15(18)12-14-7-9-16(10-8-14)21-11-3-5-17(21)13-19(22)23/h1-2,4,6-10,17H,3,5,11-13H2,(H,22,23). The van der Waals surface area contributed by atoms with Crippen LogP contribution in [0.5, 0.6) is 0 Å². The van der Waals surface area contributed by atoms with Gasteiger partial charge in [-0.25, -0.2) is 4.39 Å². The largest absolute Gasteiger partial charge is 0.481 e. The first-order chi connectivity index (χ1) is 11.1. The summed E-state index contributed by atoms with van der Waals surface area (Å²) in [5.41, 5.74) is 2.78. The van der Waals surface area contributed by atoms with Gasteiger partial charge in [-0.15, -0.1) is 0 Å². The second-order valence-corrected chi connectivity index (χ2v) is 6.02. The van der Waals surface area contributed by atoms with Crippen molar-refractivity contribution in [1.29, 1.82) is 0 Å². The predicted octanol–water partition coefficient (Wildman–Crippen LogP) is 3.86. The van der Waals surface area contributed by atoms with Crippen molar-refractivity contribution >= 4 is 11.7 Å². The average molecular weight is 313 g/mol. The van der Waals surface area contributed by atoms with Gasteiger partial charge >= 0.3 is 5.97 Å². The number of aliphatic carboxylic acids is 1. The monoisotopic (exact) mass is 313 g/mol. The Morgan fingerprint density at radius 3 is 2.61 bits per heavy atom. The minimum absolute atomic E-state index is 0.0740. The van der Waals surface area contributed by atoms with Crippen molar-refractivity contribution in [3.63, 3.8) is 0 Å². The summed E-state index contributed by atoms with van der Waals surface area (Å²) in [5, 5.41) is 9.01. The minimum atomic E-state index is -0.752. The molecule has 4 heteroatoms. The molecule has 1 unspecified atom stereocenters. The molecule has 0 saturated carbocycles. The van der Waals surface area contributed by atoms with Gasteiger partial charge in [0.2, 0.25) is 0 Å². The molecule has 0 aromatic heterocycles. The number of hydrogen-bond acceptors (Lipinski definition) is 2. The lowest BCUT2D eigenvalue weighted by Gasteiger charge is -2.26. The van der Waals surface area contributed by atoms with Gasteiger partial charge in [-0.2, -0.15) is 0 Å². The molecule has 0 spiro atoms. The fourth-order valence-electron chi connectivity index (χ4n) is 3.26. The van der Waals surface area contributed by atoms with E-state index in [2.05, 4.69) is 4.90 Å². The summed E-state index contributed by atoms with van der Waals surface area (Å²) in [6, 6.07) is 14.9. The Morgan fingerprint density at radius 2 is 1.91 bits per heavy atom. The molecule has 1 aliphatic rings. The molecular formula is C19H20FNO2. The maximum Gasteiger partial charge on any atom is 0.305 e. The molecule has 120 valence electrons. The smallest absolute Gasteiger partial charge is 0.305 e. The van der Waals surface area contributed by atoms with Gasteiger partial charge < -0.3 is 10.0 Å². The molecule has 0 amide bonds. The fraction of sp³-hybridized carbons (Fsp3) is 0.316. The molecule has 1 fully saturated rings. The molecule has 3 nitrogen and oxygen atoms in total. The number of anilines is 1. The second-order valence-electron chi connectivity index (χ2n) is 6.02. The molecule has 1 aliphatic heterocycles. The third-order valence-corrected chi connectivity index (χ3v) is 4.41. The highest BCUT2D eigenvalue weighted by Crippen LogP contribution is 2.28. The van der Waals surface area contributed by atoms with E-state index >= 15 is 0 Å². The van der Waals surface area contributed by atoms with Crippen LogP contribution in [0.2, 0.25) is 0 Å². The molecule has 2 aromatic carbocycles. The third-order valence-electron chi connectivity index (χ3n) is 4.41. The van der Waals surface area contributed by atoms with Crippen LogP contribution in [0.4, 0.5) is 10.1 Å². The van der Waals surface area contributed by atoms with Crippen molar-refractivity contribution in [2.45, 2.75) is 31.7 Å². The van der Waals surface area contributed by atoms with E-state index in [0.717, 1.165) is 30.6 Å². The van der Waals surface area contributed by atoms with Crippen LogP contribution >= 0.6 is 0 Å². The molecule has 3 rings (SSSR count). The van der Waals surface area contributed by atoms with Crippen molar-refractivity contribution in [2.24, 2.45) is 0 Å². The van der Waals surface area contributed by atoms with Gasteiger partial charge in [-0.3, -0.25) is 4.79 Å².